The molecule has 0 aliphatic carbocycles. The lowest BCUT2D eigenvalue weighted by atomic mass is 10.0. The summed E-state index contributed by atoms with van der Waals surface area (Å²) >= 11 is 0. The Morgan fingerprint density at radius 3 is 2.04 bits per heavy atom. The van der Waals surface area contributed by atoms with Crippen molar-refractivity contribution in [3.8, 4) is 28.3 Å². The van der Waals surface area contributed by atoms with Crippen molar-refractivity contribution in [3.05, 3.63) is 140 Å². The third kappa shape index (κ3) is 3.43. The number of benzene rings is 6. The lowest BCUT2D eigenvalue weighted by Gasteiger charge is -2.07. The molecule has 4 heterocycles. The van der Waals surface area contributed by atoms with Gasteiger partial charge >= 0.3 is 0 Å². The molecule has 0 amide bonds. The van der Waals surface area contributed by atoms with Crippen LogP contribution in [0.25, 0.3) is 94.1 Å². The second kappa shape index (κ2) is 9.15. The summed E-state index contributed by atoms with van der Waals surface area (Å²) in [6, 6.07) is 47.7. The normalized spacial score (nSPS) is 12.0. The van der Waals surface area contributed by atoms with Crippen LogP contribution in [0.2, 0.25) is 0 Å². The average molecular weight is 578 g/mol. The van der Waals surface area contributed by atoms with Crippen LogP contribution in [0, 0.1) is 0 Å². The number of rotatable bonds is 3. The average Bonchev–Trinajstić information content (AvgIpc) is 3.78. The molecule has 0 unspecified atom stereocenters. The maximum Gasteiger partial charge on any atom is 0.180 e. The van der Waals surface area contributed by atoms with E-state index in [2.05, 4.69) is 89.5 Å². The first-order valence-corrected chi connectivity index (χ1v) is 15.0. The van der Waals surface area contributed by atoms with Gasteiger partial charge in [0.05, 0.1) is 16.4 Å². The summed E-state index contributed by atoms with van der Waals surface area (Å²) in [5.41, 5.74) is 9.66. The van der Waals surface area contributed by atoms with E-state index in [1.54, 1.807) is 0 Å². The topological polar surface area (TPSA) is 57.0 Å². The summed E-state index contributed by atoms with van der Waals surface area (Å²) < 4.78 is 15.5. The van der Waals surface area contributed by atoms with E-state index in [1.165, 1.54) is 0 Å². The van der Waals surface area contributed by atoms with Crippen molar-refractivity contribution < 1.29 is 8.83 Å². The molecule has 0 saturated heterocycles. The predicted octanol–water partition coefficient (Wildman–Crippen LogP) is 10.7. The van der Waals surface area contributed by atoms with Crippen LogP contribution in [0.3, 0.4) is 0 Å². The van der Waals surface area contributed by atoms with Crippen molar-refractivity contribution in [1.29, 1.82) is 0 Å². The molecule has 0 aliphatic rings. The molecule has 0 saturated carbocycles. The second-order valence-corrected chi connectivity index (χ2v) is 11.3. The molecule has 0 aliphatic heterocycles. The molecule has 0 N–H and O–H groups in total. The lowest BCUT2D eigenvalue weighted by molar-refractivity contribution is 0.663. The molecule has 10 aromatic rings. The van der Waals surface area contributed by atoms with Crippen LogP contribution in [0.4, 0.5) is 0 Å². The van der Waals surface area contributed by atoms with Gasteiger partial charge in [-0.1, -0.05) is 97.1 Å². The van der Waals surface area contributed by atoms with Gasteiger partial charge in [-0.25, -0.2) is 9.97 Å². The number of para-hydroxylation sites is 4. The van der Waals surface area contributed by atoms with Crippen molar-refractivity contribution in [3.63, 3.8) is 0 Å². The summed E-state index contributed by atoms with van der Waals surface area (Å²) in [5, 5.41) is 5.34. The standard InChI is InChI=1S/C40H23N3O2/c1-3-12-24(13-4-1)40-41-36(29-19-11-18-27-26-16-8-10-21-32(26)44-38(27)29)39-37(42-40)35-33(45-39)23-22-31-34(35)28-17-7-9-20-30(28)43(31)25-14-5-2-6-15-25/h1-23H. The van der Waals surface area contributed by atoms with Gasteiger partial charge in [-0.15, -0.1) is 0 Å². The van der Waals surface area contributed by atoms with Gasteiger partial charge in [0.1, 0.15) is 28.0 Å². The third-order valence-corrected chi connectivity index (χ3v) is 8.82. The highest BCUT2D eigenvalue weighted by Crippen LogP contribution is 2.44. The molecular formula is C40H23N3O2. The van der Waals surface area contributed by atoms with Crippen molar-refractivity contribution in [1.82, 2.24) is 14.5 Å². The van der Waals surface area contributed by atoms with Crippen molar-refractivity contribution in [2.75, 3.05) is 0 Å². The zero-order valence-electron chi connectivity index (χ0n) is 23.9. The van der Waals surface area contributed by atoms with Crippen LogP contribution in [0.1, 0.15) is 0 Å². The van der Waals surface area contributed by atoms with Crippen LogP contribution in [0.15, 0.2) is 148 Å². The molecule has 0 spiro atoms. The van der Waals surface area contributed by atoms with E-state index in [0.29, 0.717) is 17.1 Å². The van der Waals surface area contributed by atoms with Gasteiger partial charge in [-0.05, 0) is 42.5 Å². The summed E-state index contributed by atoms with van der Waals surface area (Å²) in [6.45, 7) is 0. The first kappa shape index (κ1) is 24.3. The minimum atomic E-state index is 0.637. The monoisotopic (exact) mass is 577 g/mol. The zero-order chi connectivity index (χ0) is 29.5. The minimum absolute atomic E-state index is 0.637. The number of hydrogen-bond acceptors (Lipinski definition) is 4. The quantitative estimate of drug-likeness (QED) is 0.210. The summed E-state index contributed by atoms with van der Waals surface area (Å²) in [6.07, 6.45) is 0. The first-order valence-electron chi connectivity index (χ1n) is 15.0. The summed E-state index contributed by atoms with van der Waals surface area (Å²) in [7, 11) is 0. The molecule has 210 valence electrons. The Morgan fingerprint density at radius 1 is 0.467 bits per heavy atom. The van der Waals surface area contributed by atoms with Crippen LogP contribution < -0.4 is 0 Å². The molecule has 0 bridgehead atoms. The summed E-state index contributed by atoms with van der Waals surface area (Å²) in [4.78, 5) is 10.4. The van der Waals surface area contributed by atoms with Crippen molar-refractivity contribution >= 4 is 65.8 Å². The van der Waals surface area contributed by atoms with E-state index in [1.807, 2.05) is 54.6 Å². The molecule has 4 aromatic heterocycles. The number of nitrogens with zero attached hydrogens (tertiary/aromatic N) is 3. The zero-order valence-corrected chi connectivity index (χ0v) is 23.9. The number of furan rings is 2. The van der Waals surface area contributed by atoms with E-state index in [9.17, 15) is 0 Å². The van der Waals surface area contributed by atoms with Crippen LogP contribution in [0.5, 0.6) is 0 Å². The minimum Gasteiger partial charge on any atom is -0.455 e. The van der Waals surface area contributed by atoms with Gasteiger partial charge < -0.3 is 13.4 Å². The fourth-order valence-corrected chi connectivity index (χ4v) is 6.88. The lowest BCUT2D eigenvalue weighted by Crippen LogP contribution is -1.94. The number of hydrogen-bond donors (Lipinski definition) is 0. The Balaban J connectivity index is 1.38. The first-order chi connectivity index (χ1) is 22.3. The van der Waals surface area contributed by atoms with Crippen molar-refractivity contribution in [2.45, 2.75) is 0 Å². The molecule has 5 heteroatoms. The van der Waals surface area contributed by atoms with Crippen molar-refractivity contribution in [2.24, 2.45) is 0 Å². The van der Waals surface area contributed by atoms with E-state index < -0.39 is 0 Å². The number of aromatic nitrogens is 3. The van der Waals surface area contributed by atoms with Crippen LogP contribution in [-0.2, 0) is 0 Å². The highest BCUT2D eigenvalue weighted by atomic mass is 16.3. The van der Waals surface area contributed by atoms with Gasteiger partial charge in [0.15, 0.2) is 11.4 Å². The molecule has 0 atom stereocenters. The van der Waals surface area contributed by atoms with Gasteiger partial charge in [0.2, 0.25) is 0 Å². The highest BCUT2D eigenvalue weighted by Gasteiger charge is 2.24. The highest BCUT2D eigenvalue weighted by molar-refractivity contribution is 6.27. The van der Waals surface area contributed by atoms with Crippen LogP contribution >= 0.6 is 0 Å². The van der Waals surface area contributed by atoms with E-state index in [4.69, 9.17) is 18.8 Å². The van der Waals surface area contributed by atoms with Gasteiger partial charge in [-0.3, -0.25) is 0 Å². The fraction of sp³-hybridized carbons (Fsp3) is 0. The Labute approximate surface area is 256 Å². The van der Waals surface area contributed by atoms with Gasteiger partial charge in [-0.2, -0.15) is 0 Å². The number of fused-ring (bicyclic) bond motifs is 10. The van der Waals surface area contributed by atoms with E-state index in [0.717, 1.165) is 77.0 Å². The Bertz CT molecular complexity index is 2750. The Hall–Kier alpha value is -6.20. The molecule has 6 aromatic carbocycles. The molecule has 45 heavy (non-hydrogen) atoms. The largest absolute Gasteiger partial charge is 0.455 e. The van der Waals surface area contributed by atoms with E-state index >= 15 is 0 Å². The maximum absolute atomic E-state index is 6.75. The van der Waals surface area contributed by atoms with Gasteiger partial charge in [0, 0.05) is 38.4 Å². The van der Waals surface area contributed by atoms with Gasteiger partial charge in [0.25, 0.3) is 0 Å². The maximum atomic E-state index is 6.75. The van der Waals surface area contributed by atoms with Crippen LogP contribution in [-0.4, -0.2) is 14.5 Å². The second-order valence-electron chi connectivity index (χ2n) is 11.3. The molecule has 10 rings (SSSR count). The Kier molecular flexibility index (Phi) is 4.93. The SMILES string of the molecule is c1ccc(-c2nc(-c3cccc4c3oc3ccccc34)c3oc4ccc5c(c6ccccc6n5-c5ccccc5)c4c3n2)cc1. The Morgan fingerprint density at radius 2 is 1.18 bits per heavy atom. The molecule has 0 fully saturated rings. The van der Waals surface area contributed by atoms with E-state index in [-0.39, 0.29) is 0 Å². The summed E-state index contributed by atoms with van der Waals surface area (Å²) in [5.74, 6) is 0.637. The molecular weight excluding hydrogens is 554 g/mol. The third-order valence-electron chi connectivity index (χ3n) is 8.82. The fourth-order valence-electron chi connectivity index (χ4n) is 6.88. The molecule has 5 nitrogen and oxygen atoms in total. The smallest absolute Gasteiger partial charge is 0.180 e. The predicted molar refractivity (Wildman–Crippen MR) is 182 cm³/mol. The molecule has 0 radical (unpaired) electrons.